The Morgan fingerprint density at radius 2 is 1.22 bits per heavy atom. The molecule has 12 nitrogen and oxygen atoms in total. The number of benzene rings is 2. The van der Waals surface area contributed by atoms with Gasteiger partial charge in [0.15, 0.2) is 0 Å². The molecule has 202 valence electrons. The third-order valence-corrected chi connectivity index (χ3v) is 7.81. The minimum Gasteiger partial charge on any atom is -0.467 e. The van der Waals surface area contributed by atoms with Gasteiger partial charge in [-0.05, 0) is 57.4 Å². The second-order valence-corrected chi connectivity index (χ2v) is 11.5. The number of hydrogen-bond acceptors (Lipinski definition) is 8. The van der Waals surface area contributed by atoms with E-state index >= 15 is 0 Å². The van der Waals surface area contributed by atoms with Crippen LogP contribution in [-0.2, 0) is 29.6 Å². The molecule has 0 aliphatic carbocycles. The van der Waals surface area contributed by atoms with Crippen molar-refractivity contribution in [2.24, 2.45) is 0 Å². The summed E-state index contributed by atoms with van der Waals surface area (Å²) >= 11 is 0. The molecular formula is C23H30N4O8S2. The van der Waals surface area contributed by atoms with Crippen molar-refractivity contribution < 1.29 is 36.0 Å². The van der Waals surface area contributed by atoms with Gasteiger partial charge in [-0.25, -0.2) is 40.7 Å². The van der Waals surface area contributed by atoms with E-state index in [1.165, 1.54) is 24.3 Å². The van der Waals surface area contributed by atoms with Gasteiger partial charge < -0.3 is 15.4 Å². The highest BCUT2D eigenvalue weighted by Gasteiger charge is 2.24. The van der Waals surface area contributed by atoms with Gasteiger partial charge in [0, 0.05) is 6.54 Å². The molecule has 0 saturated heterocycles. The van der Waals surface area contributed by atoms with Gasteiger partial charge in [-0.3, -0.25) is 0 Å². The van der Waals surface area contributed by atoms with Crippen LogP contribution in [0.15, 0.2) is 58.3 Å². The van der Waals surface area contributed by atoms with Crippen LogP contribution in [0.1, 0.15) is 30.4 Å². The third kappa shape index (κ3) is 9.38. The summed E-state index contributed by atoms with van der Waals surface area (Å²) in [4.78, 5) is 36.1. The molecule has 0 saturated carbocycles. The van der Waals surface area contributed by atoms with Crippen LogP contribution in [0.2, 0.25) is 0 Å². The smallest absolute Gasteiger partial charge is 0.329 e. The summed E-state index contributed by atoms with van der Waals surface area (Å²) in [5.41, 5.74) is 1.71. The minimum absolute atomic E-state index is 0.0529. The number of aryl methyl sites for hydroxylation is 2. The molecule has 14 heteroatoms. The van der Waals surface area contributed by atoms with E-state index < -0.39 is 44.1 Å². The molecule has 2 rings (SSSR count). The van der Waals surface area contributed by atoms with Crippen LogP contribution in [0.5, 0.6) is 0 Å². The molecule has 0 heterocycles. The topological polar surface area (TPSA) is 177 Å². The zero-order valence-electron chi connectivity index (χ0n) is 20.6. The number of sulfonamides is 2. The number of rotatable bonds is 11. The average Bonchev–Trinajstić information content (AvgIpc) is 2.82. The number of ether oxygens (including phenoxy) is 1. The lowest BCUT2D eigenvalue weighted by molar-refractivity contribution is -0.143. The summed E-state index contributed by atoms with van der Waals surface area (Å²) in [6.45, 7) is 3.67. The van der Waals surface area contributed by atoms with Crippen molar-refractivity contribution in [1.29, 1.82) is 0 Å². The first-order valence-electron chi connectivity index (χ1n) is 11.2. The third-order valence-electron chi connectivity index (χ3n) is 5.11. The second-order valence-electron chi connectivity index (χ2n) is 8.14. The Kier molecular flexibility index (Phi) is 10.4. The molecule has 4 N–H and O–H groups in total. The van der Waals surface area contributed by atoms with Gasteiger partial charge in [0.05, 0.1) is 16.9 Å². The molecule has 0 aromatic heterocycles. The lowest BCUT2D eigenvalue weighted by Crippen LogP contribution is -2.48. The number of carbonyl (C=O) groups is 3. The van der Waals surface area contributed by atoms with E-state index in [0.29, 0.717) is 12.8 Å². The number of hydrogen-bond donors (Lipinski definition) is 4. The van der Waals surface area contributed by atoms with Crippen molar-refractivity contribution in [2.75, 3.05) is 13.7 Å². The highest BCUT2D eigenvalue weighted by atomic mass is 32.2. The summed E-state index contributed by atoms with van der Waals surface area (Å²) < 4.78 is 57.6. The zero-order chi connectivity index (χ0) is 27.6. The number of esters is 1. The Morgan fingerprint density at radius 1 is 0.757 bits per heavy atom. The summed E-state index contributed by atoms with van der Waals surface area (Å²) in [5, 5.41) is 4.68. The molecule has 0 aliphatic rings. The number of nitrogens with one attached hydrogen (secondary N) is 4. The van der Waals surface area contributed by atoms with Gasteiger partial charge in [0.1, 0.15) is 6.04 Å². The van der Waals surface area contributed by atoms with Gasteiger partial charge in [0.2, 0.25) is 0 Å². The standard InChI is InChI=1S/C23H30N4O8S2/c1-16-7-11-18(12-8-16)36(31,32)26-22(29)24-15-5-4-6-20(21(28)35-3)25-23(30)27-37(33,34)19-13-9-17(2)10-14-19/h7-14,20H,4-6,15H2,1-3H3,(H2,24,26,29)(H2,25,27,30)/t20-/m0/s1. The van der Waals surface area contributed by atoms with Crippen LogP contribution in [0.25, 0.3) is 0 Å². The summed E-state index contributed by atoms with van der Waals surface area (Å²) in [6, 6.07) is 8.67. The average molecular weight is 555 g/mol. The Labute approximate surface area is 216 Å². The predicted molar refractivity (Wildman–Crippen MR) is 135 cm³/mol. The van der Waals surface area contributed by atoms with Crippen LogP contribution >= 0.6 is 0 Å². The van der Waals surface area contributed by atoms with Crippen LogP contribution in [0.3, 0.4) is 0 Å². The molecule has 4 amide bonds. The minimum atomic E-state index is -4.15. The molecule has 0 radical (unpaired) electrons. The molecule has 37 heavy (non-hydrogen) atoms. The first-order valence-corrected chi connectivity index (χ1v) is 14.2. The van der Waals surface area contributed by atoms with Crippen molar-refractivity contribution >= 4 is 38.1 Å². The maximum atomic E-state index is 12.4. The van der Waals surface area contributed by atoms with Crippen LogP contribution < -0.4 is 20.1 Å². The lowest BCUT2D eigenvalue weighted by Gasteiger charge is -2.17. The molecule has 0 aliphatic heterocycles. The predicted octanol–water partition coefficient (Wildman–Crippen LogP) is 1.69. The fourth-order valence-electron chi connectivity index (χ4n) is 3.09. The van der Waals surface area contributed by atoms with Crippen molar-refractivity contribution in [3.63, 3.8) is 0 Å². The molecule has 1 atom stereocenters. The molecule has 0 unspecified atom stereocenters. The van der Waals surface area contributed by atoms with Gasteiger partial charge in [0.25, 0.3) is 20.0 Å². The summed E-state index contributed by atoms with van der Waals surface area (Å²) in [7, 11) is -7.05. The van der Waals surface area contributed by atoms with Crippen LogP contribution in [0.4, 0.5) is 9.59 Å². The van der Waals surface area contributed by atoms with Gasteiger partial charge >= 0.3 is 18.0 Å². The number of carbonyl (C=O) groups excluding carboxylic acids is 3. The van der Waals surface area contributed by atoms with E-state index in [2.05, 4.69) is 15.4 Å². The highest BCUT2D eigenvalue weighted by molar-refractivity contribution is 7.90. The van der Waals surface area contributed by atoms with E-state index in [1.54, 1.807) is 38.1 Å². The van der Waals surface area contributed by atoms with Crippen LogP contribution in [0, 0.1) is 13.8 Å². The second kappa shape index (κ2) is 13.1. The lowest BCUT2D eigenvalue weighted by atomic mass is 10.1. The first kappa shape index (κ1) is 29.6. The highest BCUT2D eigenvalue weighted by Crippen LogP contribution is 2.11. The number of amides is 4. The Hall–Kier alpha value is -3.65. The van der Waals surface area contributed by atoms with Crippen molar-refractivity contribution in [2.45, 2.75) is 48.9 Å². The number of unbranched alkanes of at least 4 members (excludes halogenated alkanes) is 1. The van der Waals surface area contributed by atoms with E-state index in [9.17, 15) is 31.2 Å². The Morgan fingerprint density at radius 3 is 1.68 bits per heavy atom. The van der Waals surface area contributed by atoms with Crippen molar-refractivity contribution in [3.05, 3.63) is 59.7 Å². The summed E-state index contributed by atoms with van der Waals surface area (Å²) in [5.74, 6) is -0.780. The fourth-order valence-corrected chi connectivity index (χ4v) is 4.93. The maximum absolute atomic E-state index is 12.4. The van der Waals surface area contributed by atoms with Crippen molar-refractivity contribution in [3.8, 4) is 0 Å². The van der Waals surface area contributed by atoms with Gasteiger partial charge in [-0.1, -0.05) is 35.4 Å². The summed E-state index contributed by atoms with van der Waals surface area (Å²) in [6.07, 6.45) is 0.724. The quantitative estimate of drug-likeness (QED) is 0.239. The molecule has 2 aromatic carbocycles. The Balaban J connectivity index is 1.82. The molecular weight excluding hydrogens is 524 g/mol. The molecule has 0 bridgehead atoms. The van der Waals surface area contributed by atoms with E-state index in [1.807, 2.05) is 9.44 Å². The largest absolute Gasteiger partial charge is 0.467 e. The normalized spacial score (nSPS) is 12.2. The molecule has 2 aromatic rings. The van der Waals surface area contributed by atoms with E-state index in [-0.39, 0.29) is 22.8 Å². The SMILES string of the molecule is COC(=O)[C@H](CCCCNC(=O)NS(=O)(=O)c1ccc(C)cc1)NC(=O)NS(=O)(=O)c1ccc(C)cc1. The monoisotopic (exact) mass is 554 g/mol. The zero-order valence-corrected chi connectivity index (χ0v) is 22.2. The van der Waals surface area contributed by atoms with Crippen LogP contribution in [-0.4, -0.2) is 54.6 Å². The van der Waals surface area contributed by atoms with Crippen molar-refractivity contribution in [1.82, 2.24) is 20.1 Å². The Bertz CT molecular complexity index is 1310. The van der Waals surface area contributed by atoms with Gasteiger partial charge in [-0.2, -0.15) is 0 Å². The molecule has 0 fully saturated rings. The first-order chi connectivity index (χ1) is 17.3. The number of urea groups is 2. The van der Waals surface area contributed by atoms with E-state index in [4.69, 9.17) is 0 Å². The molecule has 0 spiro atoms. The maximum Gasteiger partial charge on any atom is 0.329 e. The fraction of sp³-hybridized carbons (Fsp3) is 0.348. The van der Waals surface area contributed by atoms with Gasteiger partial charge in [-0.15, -0.1) is 0 Å². The number of methoxy groups -OCH3 is 1. The van der Waals surface area contributed by atoms with E-state index in [0.717, 1.165) is 18.2 Å².